The highest BCUT2D eigenvalue weighted by Crippen LogP contribution is 1.99. The molecule has 10 nitrogen and oxygen atoms in total. The highest BCUT2D eigenvalue weighted by Gasteiger charge is 2.37. The number of rotatable bonds is 5. The van der Waals surface area contributed by atoms with Crippen LogP contribution in [0.2, 0.25) is 0 Å². The van der Waals surface area contributed by atoms with Crippen molar-refractivity contribution in [3.8, 4) is 0 Å². The molecule has 0 aliphatic carbocycles. The fraction of sp³-hybridized carbons (Fsp3) is 1.00. The highest BCUT2D eigenvalue weighted by atomic mass is 17.2. The van der Waals surface area contributed by atoms with Gasteiger partial charge in [-0.25, -0.2) is 15.8 Å². The van der Waals surface area contributed by atoms with E-state index < -0.39 is 12.0 Å². The van der Waals surface area contributed by atoms with Crippen LogP contribution in [0.1, 0.15) is 0 Å². The number of nitrogens with two attached hydrogens (primary N) is 3. The van der Waals surface area contributed by atoms with Crippen molar-refractivity contribution in [2.45, 2.75) is 12.0 Å². The highest BCUT2D eigenvalue weighted by molar-refractivity contribution is 4.64. The molecule has 0 bridgehead atoms. The Hall–Kier alpha value is -0.400. The molecule has 0 rings (SSSR count). The third kappa shape index (κ3) is 3.33. The molecule has 12 heavy (non-hydrogen) atoms. The summed E-state index contributed by atoms with van der Waals surface area (Å²) < 4.78 is 0. The summed E-state index contributed by atoms with van der Waals surface area (Å²) in [5, 5.41) is 25.7. The first-order valence-electron chi connectivity index (χ1n) is 2.53. The molecular formula is C2H10N4O6. The van der Waals surface area contributed by atoms with Gasteiger partial charge in [-0.1, -0.05) is 0 Å². The molecule has 0 fully saturated rings. The second kappa shape index (κ2) is 4.01. The predicted molar refractivity (Wildman–Crippen MR) is 32.3 cm³/mol. The van der Waals surface area contributed by atoms with E-state index in [0.717, 1.165) is 0 Å². The van der Waals surface area contributed by atoms with Crippen LogP contribution < -0.4 is 22.5 Å². The van der Waals surface area contributed by atoms with E-state index in [-0.39, 0.29) is 0 Å². The fourth-order valence-corrected chi connectivity index (χ4v) is 0.357. The van der Waals surface area contributed by atoms with Gasteiger partial charge < -0.3 is 0 Å². The van der Waals surface area contributed by atoms with Crippen LogP contribution in [0.15, 0.2) is 0 Å². The maximum atomic E-state index is 8.02. The van der Waals surface area contributed by atoms with Gasteiger partial charge in [0.05, 0.1) is 0 Å². The summed E-state index contributed by atoms with van der Waals surface area (Å²) in [5.41, 5.74) is 14.6. The van der Waals surface area contributed by atoms with Crippen LogP contribution in [-0.2, 0) is 14.7 Å². The maximum Gasteiger partial charge on any atom is 0.349 e. The Morgan fingerprint density at radius 2 is 1.33 bits per heavy atom. The van der Waals surface area contributed by atoms with Crippen LogP contribution in [0.4, 0.5) is 0 Å². The number of hydrogen-bond donors (Lipinski definition) is 7. The van der Waals surface area contributed by atoms with Gasteiger partial charge in [0.15, 0.2) is 0 Å². The van der Waals surface area contributed by atoms with Crippen LogP contribution in [0.5, 0.6) is 0 Å². The molecule has 0 aromatic rings. The molecule has 0 aliphatic rings. The molecule has 0 spiro atoms. The zero-order valence-electron chi connectivity index (χ0n) is 5.80. The van der Waals surface area contributed by atoms with E-state index in [1.807, 2.05) is 0 Å². The topological polar surface area (TPSA) is 178 Å². The molecule has 0 aliphatic heterocycles. The van der Waals surface area contributed by atoms with Gasteiger partial charge in [-0.05, 0) is 0 Å². The molecule has 0 amide bonds. The average Bonchev–Trinajstić information content (AvgIpc) is 2.04. The lowest BCUT2D eigenvalue weighted by Crippen LogP contribution is -2.73. The van der Waals surface area contributed by atoms with Crippen molar-refractivity contribution in [3.63, 3.8) is 0 Å². The molecule has 74 valence electrons. The van der Waals surface area contributed by atoms with Gasteiger partial charge in [0.1, 0.15) is 0 Å². The number of nitrogens with one attached hydrogen (secondary N) is 1. The molecule has 0 radical (unpaired) electrons. The summed E-state index contributed by atoms with van der Waals surface area (Å²) in [6, 6.07) is -2.60. The zero-order valence-corrected chi connectivity index (χ0v) is 5.80. The summed E-state index contributed by atoms with van der Waals surface area (Å²) in [4.78, 5) is 10.2. The molecule has 0 aromatic carbocycles. The lowest BCUT2D eigenvalue weighted by molar-refractivity contribution is -0.509. The van der Waals surface area contributed by atoms with Crippen molar-refractivity contribution in [3.05, 3.63) is 0 Å². The Bertz CT molecular complexity index is 136. The average molecular weight is 186 g/mol. The third-order valence-electron chi connectivity index (χ3n) is 0.792. The van der Waals surface area contributed by atoms with Crippen molar-refractivity contribution in [1.82, 2.24) is 5.32 Å². The molecule has 0 heterocycles. The van der Waals surface area contributed by atoms with E-state index in [9.17, 15) is 0 Å². The molecule has 0 saturated heterocycles. The SMILES string of the molecule is NC(N)(NC(N)(OO)OO)OO. The second-order valence-corrected chi connectivity index (χ2v) is 1.86. The third-order valence-corrected chi connectivity index (χ3v) is 0.792. The monoisotopic (exact) mass is 186 g/mol. The van der Waals surface area contributed by atoms with Crippen molar-refractivity contribution in [2.24, 2.45) is 17.2 Å². The quantitative estimate of drug-likeness (QED) is 0.134. The molecule has 10 N–H and O–H groups in total. The molecule has 0 unspecified atom stereocenters. The standard InChI is InChI=1S/C2H10N4O6/c3-1(4,10-7)6-2(5,11-8)12-9/h6-9H,3-5H2. The molecular weight excluding hydrogens is 176 g/mol. The first kappa shape index (κ1) is 11.6. The normalized spacial score (nSPS) is 13.5. The Morgan fingerprint density at radius 1 is 0.917 bits per heavy atom. The first-order valence-corrected chi connectivity index (χ1v) is 2.53. The van der Waals surface area contributed by atoms with Crippen LogP contribution in [0.25, 0.3) is 0 Å². The van der Waals surface area contributed by atoms with E-state index in [1.165, 1.54) is 0 Å². The van der Waals surface area contributed by atoms with Gasteiger partial charge in [0.25, 0.3) is 5.97 Å². The van der Waals surface area contributed by atoms with Gasteiger partial charge in [0, 0.05) is 0 Å². The second-order valence-electron chi connectivity index (χ2n) is 1.86. The van der Waals surface area contributed by atoms with Gasteiger partial charge in [-0.3, -0.25) is 17.2 Å². The van der Waals surface area contributed by atoms with Gasteiger partial charge in [0.2, 0.25) is 0 Å². The van der Waals surface area contributed by atoms with E-state index in [2.05, 4.69) is 14.7 Å². The van der Waals surface area contributed by atoms with Crippen LogP contribution >= 0.6 is 0 Å². The van der Waals surface area contributed by atoms with E-state index in [4.69, 9.17) is 33.0 Å². The summed E-state index contributed by atoms with van der Waals surface area (Å²) in [6.07, 6.45) is 0. The lowest BCUT2D eigenvalue weighted by atomic mass is 10.7. The minimum atomic E-state index is -2.60. The van der Waals surface area contributed by atoms with Crippen LogP contribution in [-0.4, -0.2) is 27.8 Å². The molecule has 0 atom stereocenters. The predicted octanol–water partition coefficient (Wildman–Crippen LogP) is -2.86. The van der Waals surface area contributed by atoms with Crippen molar-refractivity contribution in [1.29, 1.82) is 0 Å². The zero-order chi connectivity index (χ0) is 9.83. The van der Waals surface area contributed by atoms with Crippen LogP contribution in [0.3, 0.4) is 0 Å². The summed E-state index contributed by atoms with van der Waals surface area (Å²) >= 11 is 0. The van der Waals surface area contributed by atoms with E-state index in [0.29, 0.717) is 0 Å². The van der Waals surface area contributed by atoms with Gasteiger partial charge in [-0.15, -0.1) is 0 Å². The summed E-state index contributed by atoms with van der Waals surface area (Å²) in [5.74, 6) is -2.36. The van der Waals surface area contributed by atoms with Gasteiger partial charge >= 0.3 is 6.03 Å². The van der Waals surface area contributed by atoms with Gasteiger partial charge in [-0.2, -0.15) is 20.0 Å². The minimum Gasteiger partial charge on any atom is -0.275 e. The van der Waals surface area contributed by atoms with Crippen molar-refractivity contribution >= 4 is 0 Å². The van der Waals surface area contributed by atoms with E-state index >= 15 is 0 Å². The first-order chi connectivity index (χ1) is 5.39. The maximum absolute atomic E-state index is 8.02. The Balaban J connectivity index is 4.20. The lowest BCUT2D eigenvalue weighted by Gasteiger charge is -2.30. The minimum absolute atomic E-state index is 1.64. The van der Waals surface area contributed by atoms with Crippen LogP contribution in [0, 0.1) is 0 Å². The Kier molecular flexibility index (Phi) is 3.88. The molecule has 0 aromatic heterocycles. The summed E-state index contributed by atoms with van der Waals surface area (Å²) in [6.45, 7) is 0. The molecule has 10 heteroatoms. The Morgan fingerprint density at radius 3 is 1.58 bits per heavy atom. The smallest absolute Gasteiger partial charge is 0.275 e. The number of hydrogen-bond acceptors (Lipinski definition) is 10. The molecule has 0 saturated carbocycles. The summed E-state index contributed by atoms with van der Waals surface area (Å²) in [7, 11) is 0. The van der Waals surface area contributed by atoms with E-state index in [1.54, 1.807) is 5.32 Å². The van der Waals surface area contributed by atoms with Crippen molar-refractivity contribution < 1.29 is 30.4 Å². The fourth-order valence-electron chi connectivity index (χ4n) is 0.357. The van der Waals surface area contributed by atoms with Crippen molar-refractivity contribution in [2.75, 3.05) is 0 Å². The largest absolute Gasteiger partial charge is 0.349 e. The Labute approximate surface area is 66.2 Å².